The second-order valence-electron chi connectivity index (χ2n) is 6.67. The Morgan fingerprint density at radius 3 is 2.45 bits per heavy atom. The summed E-state index contributed by atoms with van der Waals surface area (Å²) in [6, 6.07) is 17.4. The number of benzene rings is 3. The van der Waals surface area contributed by atoms with Gasteiger partial charge in [-0.25, -0.2) is 0 Å². The summed E-state index contributed by atoms with van der Waals surface area (Å²) in [5.41, 5.74) is 1.80. The summed E-state index contributed by atoms with van der Waals surface area (Å²) in [6.45, 7) is 0.324. The highest BCUT2D eigenvalue weighted by molar-refractivity contribution is 7.77. The summed E-state index contributed by atoms with van der Waals surface area (Å²) in [6.07, 6.45) is 0. The van der Waals surface area contributed by atoms with Crippen LogP contribution >= 0.6 is 12.8 Å². The summed E-state index contributed by atoms with van der Waals surface area (Å²) >= 11 is 3.96. The molecule has 0 fully saturated rings. The second kappa shape index (κ2) is 7.67. The second-order valence-corrected chi connectivity index (χ2v) is 7.19. The van der Waals surface area contributed by atoms with Crippen LogP contribution in [0.5, 0.6) is 0 Å². The molecule has 3 amide bonds. The van der Waals surface area contributed by atoms with E-state index in [1.54, 1.807) is 48.5 Å². The number of carbonyl (C=O) groups excluding carboxylic acids is 3. The largest absolute Gasteiger partial charge is 0.322 e. The molecular weight excluding hydrogens is 388 g/mol. The fourth-order valence-electron chi connectivity index (χ4n) is 3.43. The average Bonchev–Trinajstić information content (AvgIpc) is 2.72. The maximum absolute atomic E-state index is 13.0. The third-order valence-electron chi connectivity index (χ3n) is 4.77. The molecule has 1 aliphatic rings. The van der Waals surface area contributed by atoms with Gasteiger partial charge in [-0.2, -0.15) is 4.41 Å². The predicted molar refractivity (Wildman–Crippen MR) is 114 cm³/mol. The number of nitrogens with two attached hydrogens (primary N) is 1. The van der Waals surface area contributed by atoms with Crippen LogP contribution in [0, 0.1) is 0 Å². The third kappa shape index (κ3) is 3.61. The third-order valence-corrected chi connectivity index (χ3v) is 4.97. The lowest BCUT2D eigenvalue weighted by Gasteiger charge is -2.28. The molecule has 3 aromatic rings. The van der Waals surface area contributed by atoms with Gasteiger partial charge in [-0.05, 0) is 35.7 Å². The van der Waals surface area contributed by atoms with Crippen molar-refractivity contribution in [2.24, 2.45) is 5.84 Å². The number of thiol groups is 1. The Balaban J connectivity index is 1.75. The summed E-state index contributed by atoms with van der Waals surface area (Å²) in [5.74, 6) is 4.43. The summed E-state index contributed by atoms with van der Waals surface area (Å²) in [5, 5.41) is 4.13. The number of nitrogens with zero attached hydrogens (tertiary/aromatic N) is 2. The van der Waals surface area contributed by atoms with Crippen molar-refractivity contribution in [1.82, 2.24) is 9.31 Å². The summed E-state index contributed by atoms with van der Waals surface area (Å²) < 4.78 is 1.12. The van der Waals surface area contributed by atoms with Gasteiger partial charge >= 0.3 is 0 Å². The Hall–Kier alpha value is -3.20. The van der Waals surface area contributed by atoms with E-state index in [0.717, 1.165) is 9.31 Å². The number of anilines is 1. The minimum Gasteiger partial charge on any atom is -0.322 e. The first-order valence-electron chi connectivity index (χ1n) is 8.96. The van der Waals surface area contributed by atoms with Crippen molar-refractivity contribution < 1.29 is 14.4 Å². The molecule has 0 unspecified atom stereocenters. The van der Waals surface area contributed by atoms with E-state index in [1.165, 1.54) is 0 Å². The molecule has 0 saturated heterocycles. The Bertz CT molecular complexity index is 1130. The fourth-order valence-corrected chi connectivity index (χ4v) is 3.52. The van der Waals surface area contributed by atoms with E-state index in [4.69, 9.17) is 5.84 Å². The zero-order chi connectivity index (χ0) is 20.5. The van der Waals surface area contributed by atoms with E-state index in [1.807, 2.05) is 12.1 Å². The van der Waals surface area contributed by atoms with Crippen molar-refractivity contribution in [3.05, 3.63) is 77.4 Å². The molecule has 1 aliphatic heterocycles. The van der Waals surface area contributed by atoms with Crippen LogP contribution in [-0.4, -0.2) is 40.1 Å². The number of amides is 3. The highest BCUT2D eigenvalue weighted by Crippen LogP contribution is 2.33. The molecule has 3 aromatic carbocycles. The van der Waals surface area contributed by atoms with Gasteiger partial charge in [0.2, 0.25) is 0 Å². The molecule has 3 N–H and O–H groups in total. The molecule has 0 aliphatic carbocycles. The molecule has 0 aromatic heterocycles. The lowest BCUT2D eigenvalue weighted by molar-refractivity contribution is 0.0605. The number of carbonyl (C=O) groups is 3. The molecular formula is C21H18N4O3S. The predicted octanol–water partition coefficient (Wildman–Crippen LogP) is 2.71. The zero-order valence-corrected chi connectivity index (χ0v) is 16.2. The number of imide groups is 1. The van der Waals surface area contributed by atoms with E-state index in [2.05, 4.69) is 18.1 Å². The van der Waals surface area contributed by atoms with Gasteiger partial charge in [-0.3, -0.25) is 25.1 Å². The van der Waals surface area contributed by atoms with Gasteiger partial charge in [-0.15, -0.1) is 0 Å². The molecule has 29 heavy (non-hydrogen) atoms. The molecule has 0 radical (unpaired) electrons. The van der Waals surface area contributed by atoms with Crippen LogP contribution in [0.1, 0.15) is 31.1 Å². The lowest BCUT2D eigenvalue weighted by atomic mass is 9.93. The normalized spacial score (nSPS) is 13.3. The molecule has 0 atom stereocenters. The first kappa shape index (κ1) is 19.1. The first-order chi connectivity index (χ1) is 14.0. The number of hydrogen-bond donors (Lipinski definition) is 3. The van der Waals surface area contributed by atoms with Crippen LogP contribution in [0.3, 0.4) is 0 Å². The molecule has 146 valence electrons. The van der Waals surface area contributed by atoms with Crippen molar-refractivity contribution in [1.29, 1.82) is 0 Å². The molecule has 0 saturated carbocycles. The van der Waals surface area contributed by atoms with Crippen LogP contribution in [0.15, 0.2) is 60.7 Å². The Morgan fingerprint density at radius 2 is 1.72 bits per heavy atom. The highest BCUT2D eigenvalue weighted by Gasteiger charge is 2.33. The van der Waals surface area contributed by atoms with Crippen molar-refractivity contribution in [2.45, 2.75) is 0 Å². The maximum atomic E-state index is 13.0. The van der Waals surface area contributed by atoms with Gasteiger partial charge in [0, 0.05) is 35.3 Å². The lowest BCUT2D eigenvalue weighted by Crippen LogP contribution is -2.44. The van der Waals surface area contributed by atoms with E-state index >= 15 is 0 Å². The van der Waals surface area contributed by atoms with Crippen LogP contribution in [0.25, 0.3) is 10.8 Å². The van der Waals surface area contributed by atoms with Gasteiger partial charge in [0.15, 0.2) is 0 Å². The van der Waals surface area contributed by atoms with E-state index in [-0.39, 0.29) is 24.9 Å². The van der Waals surface area contributed by atoms with Crippen molar-refractivity contribution in [3.8, 4) is 0 Å². The monoisotopic (exact) mass is 406 g/mol. The molecule has 4 rings (SSSR count). The topological polar surface area (TPSA) is 95.7 Å². The van der Waals surface area contributed by atoms with Gasteiger partial charge in [-0.1, -0.05) is 43.1 Å². The first-order valence-corrected chi connectivity index (χ1v) is 9.36. The van der Waals surface area contributed by atoms with Crippen molar-refractivity contribution >= 4 is 47.0 Å². The van der Waals surface area contributed by atoms with Crippen LogP contribution < -0.4 is 11.2 Å². The quantitative estimate of drug-likeness (QED) is 0.262. The number of nitrogens with one attached hydrogen (secondary N) is 1. The van der Waals surface area contributed by atoms with Crippen LogP contribution in [0.4, 0.5) is 5.69 Å². The van der Waals surface area contributed by atoms with Gasteiger partial charge in [0.25, 0.3) is 17.7 Å². The van der Waals surface area contributed by atoms with Crippen molar-refractivity contribution in [2.75, 3.05) is 18.4 Å². The Kier molecular flexibility index (Phi) is 5.06. The van der Waals surface area contributed by atoms with Gasteiger partial charge in [0.1, 0.15) is 0 Å². The van der Waals surface area contributed by atoms with Crippen molar-refractivity contribution in [3.63, 3.8) is 0 Å². The van der Waals surface area contributed by atoms with E-state index < -0.39 is 5.91 Å². The van der Waals surface area contributed by atoms with Crippen LogP contribution in [-0.2, 0) is 0 Å². The Morgan fingerprint density at radius 1 is 1.00 bits per heavy atom. The minimum atomic E-state index is -0.426. The molecule has 0 spiro atoms. The summed E-state index contributed by atoms with van der Waals surface area (Å²) in [7, 11) is 0. The SMILES string of the molecule is NN(S)CCN1C(=O)c2cccc3cc(NC(=O)c4ccccc4)cc(c23)C1=O. The Labute approximate surface area is 172 Å². The van der Waals surface area contributed by atoms with E-state index in [0.29, 0.717) is 33.2 Å². The number of hydrogen-bond acceptors (Lipinski definition) is 6. The fraction of sp³-hybridized carbons (Fsp3) is 0.0952. The zero-order valence-electron chi connectivity index (χ0n) is 15.3. The number of hydrazine groups is 1. The van der Waals surface area contributed by atoms with Crippen LogP contribution in [0.2, 0.25) is 0 Å². The molecule has 8 heteroatoms. The van der Waals surface area contributed by atoms with E-state index in [9.17, 15) is 14.4 Å². The maximum Gasteiger partial charge on any atom is 0.261 e. The van der Waals surface area contributed by atoms with Gasteiger partial charge < -0.3 is 5.32 Å². The minimum absolute atomic E-state index is 0.105. The average molecular weight is 406 g/mol. The highest BCUT2D eigenvalue weighted by atomic mass is 32.1. The number of rotatable bonds is 5. The van der Waals surface area contributed by atoms with Gasteiger partial charge in [0.05, 0.1) is 5.56 Å². The summed E-state index contributed by atoms with van der Waals surface area (Å²) in [4.78, 5) is 39.5. The standard InChI is InChI=1S/C21H18N4O3S/c22-25(29)10-9-24-20(27)16-8-4-7-14-11-15(12-17(18(14)16)21(24)28)23-19(26)13-5-2-1-3-6-13/h1-8,11-12,29H,9-10,22H2,(H,23,26). The molecule has 1 heterocycles. The smallest absolute Gasteiger partial charge is 0.261 e. The molecule has 0 bridgehead atoms. The molecule has 7 nitrogen and oxygen atoms in total.